The van der Waals surface area contributed by atoms with Gasteiger partial charge in [0, 0.05) is 18.7 Å². The van der Waals surface area contributed by atoms with Crippen LogP contribution in [0.4, 0.5) is 5.69 Å². The molecule has 0 spiro atoms. The lowest BCUT2D eigenvalue weighted by Gasteiger charge is -2.26. The Balaban J connectivity index is 2.07. The van der Waals surface area contributed by atoms with Crippen LogP contribution in [0.1, 0.15) is 43.9 Å². The van der Waals surface area contributed by atoms with Crippen LogP contribution in [0.5, 0.6) is 0 Å². The first-order valence-corrected chi connectivity index (χ1v) is 7.16. The Kier molecular flexibility index (Phi) is 4.25. The minimum absolute atomic E-state index is 0.229. The summed E-state index contributed by atoms with van der Waals surface area (Å²) in [7, 11) is 0. The second-order valence-corrected chi connectivity index (χ2v) is 6.11. The normalized spacial score (nSPS) is 17.6. The molecule has 6 heteroatoms. The Bertz CT molecular complexity index is 542. The van der Waals surface area contributed by atoms with E-state index in [1.807, 2.05) is 20.8 Å². The number of anilines is 1. The lowest BCUT2D eigenvalue weighted by molar-refractivity contribution is -0.159. The van der Waals surface area contributed by atoms with Gasteiger partial charge in [-0.2, -0.15) is 0 Å². The maximum Gasteiger partial charge on any atom is 0.354 e. The molecule has 0 amide bonds. The predicted octanol–water partition coefficient (Wildman–Crippen LogP) is 2.12. The van der Waals surface area contributed by atoms with Crippen molar-refractivity contribution >= 4 is 17.6 Å². The number of nitrogens with one attached hydrogen (secondary N) is 2. The van der Waals surface area contributed by atoms with E-state index in [4.69, 9.17) is 9.47 Å². The molecule has 0 aliphatic carbocycles. The Morgan fingerprint density at radius 3 is 2.71 bits per heavy atom. The highest BCUT2D eigenvalue weighted by Crippen LogP contribution is 2.27. The van der Waals surface area contributed by atoms with Gasteiger partial charge in [-0.3, -0.25) is 4.79 Å². The van der Waals surface area contributed by atoms with Gasteiger partial charge in [-0.1, -0.05) is 0 Å². The number of ether oxygens (including phenoxy) is 2. The van der Waals surface area contributed by atoms with E-state index >= 15 is 0 Å². The van der Waals surface area contributed by atoms with Gasteiger partial charge in [0.15, 0.2) is 0 Å². The highest BCUT2D eigenvalue weighted by molar-refractivity contribution is 5.89. The predicted molar refractivity (Wildman–Crippen MR) is 78.3 cm³/mol. The summed E-state index contributed by atoms with van der Waals surface area (Å²) in [6.07, 6.45) is 0.524. The van der Waals surface area contributed by atoms with E-state index in [-0.39, 0.29) is 17.9 Å². The lowest BCUT2D eigenvalue weighted by atomic mass is 9.99. The third kappa shape index (κ3) is 3.77. The minimum atomic E-state index is -0.497. The van der Waals surface area contributed by atoms with E-state index in [9.17, 15) is 9.59 Å². The lowest BCUT2D eigenvalue weighted by Crippen LogP contribution is -2.35. The highest BCUT2D eigenvalue weighted by atomic mass is 16.6. The zero-order chi connectivity index (χ0) is 15.6. The molecular formula is C15H22N2O4. The summed E-state index contributed by atoms with van der Waals surface area (Å²) in [6, 6.07) is 1.72. The van der Waals surface area contributed by atoms with Crippen LogP contribution in [0.3, 0.4) is 0 Å². The van der Waals surface area contributed by atoms with Gasteiger partial charge in [0.2, 0.25) is 0 Å². The average Bonchev–Trinajstić information content (AvgIpc) is 2.79. The van der Waals surface area contributed by atoms with Crippen molar-refractivity contribution in [3.05, 3.63) is 17.5 Å². The molecule has 2 heterocycles. The van der Waals surface area contributed by atoms with Crippen LogP contribution in [-0.2, 0) is 20.7 Å². The molecule has 1 aromatic heterocycles. The number of H-pyrrole nitrogens is 1. The molecule has 2 rings (SSSR count). The third-order valence-corrected chi connectivity index (χ3v) is 3.12. The molecule has 0 aromatic carbocycles. The molecule has 0 saturated heterocycles. The molecule has 21 heavy (non-hydrogen) atoms. The van der Waals surface area contributed by atoms with Crippen LogP contribution >= 0.6 is 0 Å². The van der Waals surface area contributed by atoms with E-state index in [2.05, 4.69) is 10.3 Å². The van der Waals surface area contributed by atoms with Crippen molar-refractivity contribution in [1.29, 1.82) is 0 Å². The molecule has 2 N–H and O–H groups in total. The molecule has 1 aliphatic rings. The van der Waals surface area contributed by atoms with Gasteiger partial charge in [-0.15, -0.1) is 0 Å². The minimum Gasteiger partial charge on any atom is -0.461 e. The first kappa shape index (κ1) is 15.4. The number of hydrogen-bond donors (Lipinski definition) is 2. The molecule has 0 radical (unpaired) electrons. The maximum atomic E-state index is 12.1. The topological polar surface area (TPSA) is 80.4 Å². The van der Waals surface area contributed by atoms with Crippen molar-refractivity contribution in [2.24, 2.45) is 5.92 Å². The number of rotatable bonds is 3. The standard InChI is InChI=1S/C15H22N2O4/c1-5-20-14(19)12-7-10-11(17-12)6-9(8-16-10)13(18)21-15(2,3)4/h7,9,16-17H,5-6,8H2,1-4H3. The molecule has 0 bridgehead atoms. The first-order chi connectivity index (χ1) is 9.80. The van der Waals surface area contributed by atoms with Crippen LogP contribution in [0.15, 0.2) is 6.07 Å². The molecule has 1 aliphatic heterocycles. The highest BCUT2D eigenvalue weighted by Gasteiger charge is 2.30. The summed E-state index contributed by atoms with van der Waals surface area (Å²) in [5.74, 6) is -0.874. The van der Waals surface area contributed by atoms with E-state index < -0.39 is 5.60 Å². The van der Waals surface area contributed by atoms with Gasteiger partial charge in [0.1, 0.15) is 11.3 Å². The fourth-order valence-electron chi connectivity index (χ4n) is 2.24. The number of esters is 2. The van der Waals surface area contributed by atoms with Gasteiger partial charge < -0.3 is 19.8 Å². The molecular weight excluding hydrogens is 272 g/mol. The fraction of sp³-hybridized carbons (Fsp3) is 0.600. The van der Waals surface area contributed by atoms with Crippen LogP contribution in [-0.4, -0.2) is 35.7 Å². The van der Waals surface area contributed by atoms with Crippen molar-refractivity contribution in [1.82, 2.24) is 4.98 Å². The van der Waals surface area contributed by atoms with E-state index in [0.717, 1.165) is 11.4 Å². The monoisotopic (exact) mass is 294 g/mol. The maximum absolute atomic E-state index is 12.1. The SMILES string of the molecule is CCOC(=O)c1cc2c([nH]1)CC(C(=O)OC(C)(C)C)CN2. The number of fused-ring (bicyclic) bond motifs is 1. The fourth-order valence-corrected chi connectivity index (χ4v) is 2.24. The van der Waals surface area contributed by atoms with Crippen molar-refractivity contribution in [2.75, 3.05) is 18.5 Å². The summed E-state index contributed by atoms with van der Waals surface area (Å²) in [6.45, 7) is 8.14. The molecule has 0 saturated carbocycles. The van der Waals surface area contributed by atoms with Crippen molar-refractivity contribution < 1.29 is 19.1 Å². The Morgan fingerprint density at radius 2 is 2.10 bits per heavy atom. The Hall–Kier alpha value is -1.98. The largest absolute Gasteiger partial charge is 0.461 e. The van der Waals surface area contributed by atoms with E-state index in [1.165, 1.54) is 0 Å². The van der Waals surface area contributed by atoms with Crippen LogP contribution in [0.2, 0.25) is 0 Å². The van der Waals surface area contributed by atoms with Crippen LogP contribution < -0.4 is 5.32 Å². The molecule has 1 aromatic rings. The average molecular weight is 294 g/mol. The number of carbonyl (C=O) groups excluding carboxylic acids is 2. The second-order valence-electron chi connectivity index (χ2n) is 6.11. The summed E-state index contributed by atoms with van der Waals surface area (Å²) >= 11 is 0. The van der Waals surface area contributed by atoms with E-state index in [0.29, 0.717) is 25.3 Å². The number of aromatic amines is 1. The summed E-state index contributed by atoms with van der Waals surface area (Å²) in [5, 5.41) is 3.16. The van der Waals surface area contributed by atoms with Crippen LogP contribution in [0, 0.1) is 5.92 Å². The van der Waals surface area contributed by atoms with Gasteiger partial charge >= 0.3 is 11.9 Å². The number of carbonyl (C=O) groups is 2. The second kappa shape index (κ2) is 5.79. The Labute approximate surface area is 124 Å². The van der Waals surface area contributed by atoms with Crippen LogP contribution in [0.25, 0.3) is 0 Å². The summed E-state index contributed by atoms with van der Waals surface area (Å²) in [4.78, 5) is 26.8. The molecule has 6 nitrogen and oxygen atoms in total. The van der Waals surface area contributed by atoms with Gasteiger partial charge in [0.05, 0.1) is 18.2 Å². The number of hydrogen-bond acceptors (Lipinski definition) is 5. The molecule has 116 valence electrons. The van der Waals surface area contributed by atoms with Gasteiger partial charge in [0.25, 0.3) is 0 Å². The molecule has 1 atom stereocenters. The molecule has 0 fully saturated rings. The first-order valence-electron chi connectivity index (χ1n) is 7.16. The summed E-state index contributed by atoms with van der Waals surface area (Å²) in [5.41, 5.74) is 1.58. The number of aromatic nitrogens is 1. The summed E-state index contributed by atoms with van der Waals surface area (Å²) < 4.78 is 10.4. The van der Waals surface area contributed by atoms with E-state index in [1.54, 1.807) is 13.0 Å². The van der Waals surface area contributed by atoms with Gasteiger partial charge in [-0.05, 0) is 33.8 Å². The zero-order valence-electron chi connectivity index (χ0n) is 12.9. The van der Waals surface area contributed by atoms with Gasteiger partial charge in [-0.25, -0.2) is 4.79 Å². The zero-order valence-corrected chi connectivity index (χ0v) is 12.9. The Morgan fingerprint density at radius 1 is 1.38 bits per heavy atom. The quantitative estimate of drug-likeness (QED) is 0.835. The van der Waals surface area contributed by atoms with Crippen molar-refractivity contribution in [3.8, 4) is 0 Å². The molecule has 1 unspecified atom stereocenters. The smallest absolute Gasteiger partial charge is 0.354 e. The third-order valence-electron chi connectivity index (χ3n) is 3.12. The van der Waals surface area contributed by atoms with Crippen molar-refractivity contribution in [2.45, 2.75) is 39.7 Å². The van der Waals surface area contributed by atoms with Crippen molar-refractivity contribution in [3.63, 3.8) is 0 Å².